The lowest BCUT2D eigenvalue weighted by molar-refractivity contribution is 0.414. The number of para-hydroxylation sites is 1. The Kier molecular flexibility index (Phi) is 6.18. The van der Waals surface area contributed by atoms with Crippen molar-refractivity contribution in [2.75, 3.05) is 7.11 Å². The van der Waals surface area contributed by atoms with Gasteiger partial charge in [0.1, 0.15) is 11.6 Å². The van der Waals surface area contributed by atoms with Gasteiger partial charge in [-0.2, -0.15) is 0 Å². The zero-order valence-electron chi connectivity index (χ0n) is 18.1. The summed E-state index contributed by atoms with van der Waals surface area (Å²) in [6.45, 7) is 4.71. The number of ether oxygens (including phenoxy) is 1. The molecule has 4 aromatic rings. The molecule has 2 aromatic heterocycles. The number of rotatable bonds is 8. The van der Waals surface area contributed by atoms with Gasteiger partial charge in [0, 0.05) is 35.6 Å². The average Bonchev–Trinajstić information content (AvgIpc) is 3.19. The van der Waals surface area contributed by atoms with Crippen molar-refractivity contribution >= 4 is 10.9 Å². The second kappa shape index (κ2) is 9.18. The van der Waals surface area contributed by atoms with Crippen molar-refractivity contribution in [2.24, 2.45) is 0 Å². The number of hydrogen-bond donors (Lipinski definition) is 3. The van der Waals surface area contributed by atoms with Crippen LogP contribution in [0.4, 0.5) is 0 Å². The van der Waals surface area contributed by atoms with Gasteiger partial charge in [-0.1, -0.05) is 44.2 Å². The topological polar surface area (TPSA) is 82.8 Å². The molecule has 6 heteroatoms. The molecule has 0 aliphatic carbocycles. The van der Waals surface area contributed by atoms with Gasteiger partial charge in [-0.3, -0.25) is 4.79 Å². The van der Waals surface area contributed by atoms with Crippen LogP contribution in [0.15, 0.2) is 65.6 Å². The van der Waals surface area contributed by atoms with Gasteiger partial charge in [0.2, 0.25) is 0 Å². The normalized spacial score (nSPS) is 12.4. The number of benzene rings is 2. The van der Waals surface area contributed by atoms with E-state index in [1.54, 1.807) is 13.2 Å². The minimum absolute atomic E-state index is 0.110. The molecule has 0 unspecified atom stereocenters. The fourth-order valence-electron chi connectivity index (χ4n) is 3.73. The standard InChI is InChI=1S/C25H28N4O2/c1-16(2)25-28-23(13-24(30)29-25)22(26-14-17-8-10-19(31-3)11-9-17)12-18-15-27-21-7-5-4-6-20(18)21/h4-11,13,15-16,22,26-27H,12,14H2,1-3H3,(H,28,29,30)/t22-/m0/s1. The molecule has 160 valence electrons. The fourth-order valence-corrected chi connectivity index (χ4v) is 3.73. The molecule has 0 bridgehead atoms. The van der Waals surface area contributed by atoms with Crippen molar-refractivity contribution in [3.63, 3.8) is 0 Å². The van der Waals surface area contributed by atoms with Gasteiger partial charge >= 0.3 is 0 Å². The first kappa shape index (κ1) is 20.9. The van der Waals surface area contributed by atoms with E-state index in [-0.39, 0.29) is 17.5 Å². The number of methoxy groups -OCH3 is 1. The van der Waals surface area contributed by atoms with E-state index in [0.717, 1.165) is 22.5 Å². The Hall–Kier alpha value is -3.38. The maximum Gasteiger partial charge on any atom is 0.251 e. The van der Waals surface area contributed by atoms with Crippen LogP contribution < -0.4 is 15.6 Å². The van der Waals surface area contributed by atoms with Crippen LogP contribution in [0.25, 0.3) is 10.9 Å². The van der Waals surface area contributed by atoms with Gasteiger partial charge in [0.25, 0.3) is 5.56 Å². The molecular formula is C25H28N4O2. The summed E-state index contributed by atoms with van der Waals surface area (Å²) in [6, 6.07) is 17.7. The highest BCUT2D eigenvalue weighted by Crippen LogP contribution is 2.24. The summed E-state index contributed by atoms with van der Waals surface area (Å²) < 4.78 is 5.25. The van der Waals surface area contributed by atoms with Gasteiger partial charge in [-0.25, -0.2) is 4.98 Å². The number of H-pyrrole nitrogens is 2. The van der Waals surface area contributed by atoms with E-state index in [1.807, 2.05) is 56.4 Å². The number of nitrogens with one attached hydrogen (secondary N) is 3. The quantitative estimate of drug-likeness (QED) is 0.396. The third kappa shape index (κ3) is 4.86. The van der Waals surface area contributed by atoms with Crippen molar-refractivity contribution in [1.29, 1.82) is 0 Å². The van der Waals surface area contributed by atoms with Crippen LogP contribution in [0.3, 0.4) is 0 Å². The van der Waals surface area contributed by atoms with Crippen LogP contribution in [0.2, 0.25) is 0 Å². The lowest BCUT2D eigenvalue weighted by Gasteiger charge is -2.19. The number of fused-ring (bicyclic) bond motifs is 1. The van der Waals surface area contributed by atoms with E-state index < -0.39 is 0 Å². The molecule has 2 heterocycles. The van der Waals surface area contributed by atoms with Gasteiger partial charge in [0.05, 0.1) is 18.8 Å². The molecular weight excluding hydrogens is 388 g/mol. The maximum atomic E-state index is 12.3. The van der Waals surface area contributed by atoms with Crippen LogP contribution in [0.1, 0.15) is 48.5 Å². The lowest BCUT2D eigenvalue weighted by atomic mass is 10.0. The van der Waals surface area contributed by atoms with Gasteiger partial charge < -0.3 is 20.0 Å². The first-order valence-corrected chi connectivity index (χ1v) is 10.6. The molecule has 0 saturated carbocycles. The molecule has 2 aromatic carbocycles. The molecule has 1 atom stereocenters. The first-order valence-electron chi connectivity index (χ1n) is 10.6. The highest BCUT2D eigenvalue weighted by molar-refractivity contribution is 5.83. The highest BCUT2D eigenvalue weighted by atomic mass is 16.5. The fraction of sp³-hybridized carbons (Fsp3) is 0.280. The molecule has 4 rings (SSSR count). The smallest absolute Gasteiger partial charge is 0.251 e. The molecule has 0 saturated heterocycles. The predicted molar refractivity (Wildman–Crippen MR) is 124 cm³/mol. The second-order valence-corrected chi connectivity index (χ2v) is 8.06. The SMILES string of the molecule is COc1ccc(CN[C@@H](Cc2c[nH]c3ccccc23)c2cc(=O)[nH]c(C(C)C)n2)cc1. The highest BCUT2D eigenvalue weighted by Gasteiger charge is 2.18. The molecule has 0 radical (unpaired) electrons. The minimum atomic E-state index is -0.121. The monoisotopic (exact) mass is 416 g/mol. The number of hydrogen-bond acceptors (Lipinski definition) is 4. The van der Waals surface area contributed by atoms with E-state index in [1.165, 1.54) is 10.9 Å². The molecule has 0 amide bonds. The van der Waals surface area contributed by atoms with Crippen LogP contribution in [0, 0.1) is 0 Å². The summed E-state index contributed by atoms with van der Waals surface area (Å²) in [4.78, 5) is 23.3. The van der Waals surface area contributed by atoms with Gasteiger partial charge in [-0.15, -0.1) is 0 Å². The van der Waals surface area contributed by atoms with Crippen molar-refractivity contribution < 1.29 is 4.74 Å². The third-order valence-electron chi connectivity index (χ3n) is 5.49. The first-order chi connectivity index (χ1) is 15.0. The molecule has 0 spiro atoms. The molecule has 0 aliphatic rings. The molecule has 31 heavy (non-hydrogen) atoms. The Morgan fingerprint density at radius 2 is 1.87 bits per heavy atom. The van der Waals surface area contributed by atoms with Crippen LogP contribution in [0.5, 0.6) is 5.75 Å². The molecule has 6 nitrogen and oxygen atoms in total. The van der Waals surface area contributed by atoms with Crippen molar-refractivity contribution in [3.05, 3.63) is 93.8 Å². The Morgan fingerprint density at radius 1 is 1.10 bits per heavy atom. The second-order valence-electron chi connectivity index (χ2n) is 8.06. The zero-order chi connectivity index (χ0) is 21.8. The number of aromatic amines is 2. The van der Waals surface area contributed by atoms with E-state index in [9.17, 15) is 4.79 Å². The summed E-state index contributed by atoms with van der Waals surface area (Å²) in [5, 5.41) is 4.80. The summed E-state index contributed by atoms with van der Waals surface area (Å²) in [5.41, 5.74) is 4.07. The Labute approximate surface area is 181 Å². The van der Waals surface area contributed by atoms with Gasteiger partial charge in [0.15, 0.2) is 0 Å². The van der Waals surface area contributed by atoms with Crippen molar-refractivity contribution in [1.82, 2.24) is 20.3 Å². The minimum Gasteiger partial charge on any atom is -0.497 e. The van der Waals surface area contributed by atoms with E-state index >= 15 is 0 Å². The Balaban J connectivity index is 1.65. The van der Waals surface area contributed by atoms with Crippen molar-refractivity contribution in [2.45, 2.75) is 38.8 Å². The lowest BCUT2D eigenvalue weighted by Crippen LogP contribution is -2.26. The van der Waals surface area contributed by atoms with Crippen LogP contribution in [-0.4, -0.2) is 22.1 Å². The Morgan fingerprint density at radius 3 is 2.61 bits per heavy atom. The maximum absolute atomic E-state index is 12.3. The summed E-state index contributed by atoms with van der Waals surface area (Å²) in [7, 11) is 1.66. The molecule has 0 fully saturated rings. The predicted octanol–water partition coefficient (Wildman–Crippen LogP) is 4.46. The summed E-state index contributed by atoms with van der Waals surface area (Å²) in [5.74, 6) is 1.68. The largest absolute Gasteiger partial charge is 0.497 e. The average molecular weight is 417 g/mol. The number of nitrogens with zero attached hydrogens (tertiary/aromatic N) is 1. The van der Waals surface area contributed by atoms with E-state index in [0.29, 0.717) is 18.8 Å². The van der Waals surface area contributed by atoms with Crippen LogP contribution in [-0.2, 0) is 13.0 Å². The summed E-state index contributed by atoms with van der Waals surface area (Å²) in [6.07, 6.45) is 2.76. The Bertz CT molecular complexity index is 1210. The molecule has 0 aliphatic heterocycles. The van der Waals surface area contributed by atoms with Crippen molar-refractivity contribution in [3.8, 4) is 5.75 Å². The molecule has 3 N–H and O–H groups in total. The number of aromatic nitrogens is 3. The summed E-state index contributed by atoms with van der Waals surface area (Å²) >= 11 is 0. The zero-order valence-corrected chi connectivity index (χ0v) is 18.1. The van der Waals surface area contributed by atoms with E-state index in [2.05, 4.69) is 27.4 Å². The third-order valence-corrected chi connectivity index (χ3v) is 5.49. The van der Waals surface area contributed by atoms with Gasteiger partial charge in [-0.05, 0) is 35.7 Å². The van der Waals surface area contributed by atoms with Crippen LogP contribution >= 0.6 is 0 Å². The van der Waals surface area contributed by atoms with E-state index in [4.69, 9.17) is 9.72 Å².